The van der Waals surface area contributed by atoms with Crippen LogP contribution in [0.15, 0.2) is 46.2 Å². The van der Waals surface area contributed by atoms with Gasteiger partial charge in [-0.3, -0.25) is 4.79 Å². The second kappa shape index (κ2) is 7.29. The Kier molecular flexibility index (Phi) is 5.13. The van der Waals surface area contributed by atoms with Crippen LogP contribution in [0.2, 0.25) is 10.0 Å². The Hall–Kier alpha value is -1.96. The van der Waals surface area contributed by atoms with E-state index in [0.29, 0.717) is 32.5 Å². The van der Waals surface area contributed by atoms with Crippen LogP contribution in [0.5, 0.6) is 0 Å². The fraction of sp³-hybridized carbons (Fsp3) is 0.133. The molecular weight excluding hydrogens is 371 g/mol. The second-order valence-electron chi connectivity index (χ2n) is 4.80. The van der Waals surface area contributed by atoms with Gasteiger partial charge in [0.2, 0.25) is 5.91 Å². The normalized spacial score (nSPS) is 10.8. The molecule has 1 amide bonds. The van der Waals surface area contributed by atoms with E-state index < -0.39 is 0 Å². The molecule has 3 aromatic rings. The molecule has 1 aromatic carbocycles. The average Bonchev–Trinajstić information content (AvgIpc) is 3.18. The standard InChI is InChI=1S/C15H12Cl2N4O2S/c1-21-14(12-3-2-6-23-12)19-20-15(21)24-8-13(22)18-11-5-4-9(16)7-10(11)17/h2-7H,8H2,1H3,(H,18,22). The largest absolute Gasteiger partial charge is 0.461 e. The predicted octanol–water partition coefficient (Wildman–Crippen LogP) is 4.11. The van der Waals surface area contributed by atoms with Crippen LogP contribution in [0.1, 0.15) is 0 Å². The van der Waals surface area contributed by atoms with Crippen molar-refractivity contribution in [3.63, 3.8) is 0 Å². The molecular formula is C15H12Cl2N4O2S. The number of carbonyl (C=O) groups excluding carboxylic acids is 1. The molecule has 0 aliphatic carbocycles. The maximum Gasteiger partial charge on any atom is 0.234 e. The van der Waals surface area contributed by atoms with Crippen LogP contribution in [0.3, 0.4) is 0 Å². The summed E-state index contributed by atoms with van der Waals surface area (Å²) in [5, 5.41) is 12.4. The van der Waals surface area contributed by atoms with E-state index in [9.17, 15) is 4.79 Å². The number of rotatable bonds is 5. The summed E-state index contributed by atoms with van der Waals surface area (Å²) in [6, 6.07) is 8.47. The van der Waals surface area contributed by atoms with E-state index in [1.165, 1.54) is 11.8 Å². The molecule has 0 radical (unpaired) electrons. The highest BCUT2D eigenvalue weighted by molar-refractivity contribution is 7.99. The van der Waals surface area contributed by atoms with Crippen LogP contribution in [-0.4, -0.2) is 26.4 Å². The van der Waals surface area contributed by atoms with Gasteiger partial charge in [0.25, 0.3) is 0 Å². The number of furan rings is 1. The minimum Gasteiger partial charge on any atom is -0.461 e. The number of hydrogen-bond acceptors (Lipinski definition) is 5. The van der Waals surface area contributed by atoms with Gasteiger partial charge in [0, 0.05) is 12.1 Å². The maximum atomic E-state index is 12.1. The topological polar surface area (TPSA) is 73.0 Å². The van der Waals surface area contributed by atoms with Crippen molar-refractivity contribution in [1.82, 2.24) is 14.8 Å². The lowest BCUT2D eigenvalue weighted by molar-refractivity contribution is -0.113. The molecule has 24 heavy (non-hydrogen) atoms. The first-order valence-electron chi connectivity index (χ1n) is 6.85. The van der Waals surface area contributed by atoms with Crippen molar-refractivity contribution >= 4 is 46.6 Å². The highest BCUT2D eigenvalue weighted by Crippen LogP contribution is 2.26. The van der Waals surface area contributed by atoms with E-state index in [2.05, 4.69) is 15.5 Å². The summed E-state index contributed by atoms with van der Waals surface area (Å²) in [4.78, 5) is 12.1. The third-order valence-electron chi connectivity index (χ3n) is 3.11. The number of aromatic nitrogens is 3. The van der Waals surface area contributed by atoms with Gasteiger partial charge in [-0.05, 0) is 30.3 Å². The molecule has 124 valence electrons. The van der Waals surface area contributed by atoms with Crippen LogP contribution in [-0.2, 0) is 11.8 Å². The van der Waals surface area contributed by atoms with E-state index in [-0.39, 0.29) is 11.7 Å². The summed E-state index contributed by atoms with van der Waals surface area (Å²) in [7, 11) is 1.81. The molecule has 9 heteroatoms. The Labute approximate surface area is 152 Å². The van der Waals surface area contributed by atoms with Gasteiger partial charge >= 0.3 is 0 Å². The van der Waals surface area contributed by atoms with E-state index >= 15 is 0 Å². The zero-order valence-electron chi connectivity index (χ0n) is 12.5. The summed E-state index contributed by atoms with van der Waals surface area (Å²) in [5.41, 5.74) is 0.515. The van der Waals surface area contributed by atoms with Crippen molar-refractivity contribution < 1.29 is 9.21 Å². The molecule has 0 fully saturated rings. The van der Waals surface area contributed by atoms with E-state index in [0.717, 1.165) is 0 Å². The first-order valence-corrected chi connectivity index (χ1v) is 8.59. The summed E-state index contributed by atoms with van der Waals surface area (Å²) in [6.07, 6.45) is 1.57. The van der Waals surface area contributed by atoms with Crippen LogP contribution in [0.4, 0.5) is 5.69 Å². The molecule has 2 heterocycles. The van der Waals surface area contributed by atoms with E-state index in [4.69, 9.17) is 27.6 Å². The fourth-order valence-electron chi connectivity index (χ4n) is 1.97. The summed E-state index contributed by atoms with van der Waals surface area (Å²) in [6.45, 7) is 0. The van der Waals surface area contributed by atoms with Crippen molar-refractivity contribution in [2.45, 2.75) is 5.16 Å². The second-order valence-corrected chi connectivity index (χ2v) is 6.59. The van der Waals surface area contributed by atoms with Gasteiger partial charge in [0.1, 0.15) is 0 Å². The predicted molar refractivity (Wildman–Crippen MR) is 94.5 cm³/mol. The molecule has 0 saturated carbocycles. The molecule has 0 aliphatic rings. The van der Waals surface area contributed by atoms with Gasteiger partial charge in [-0.2, -0.15) is 0 Å². The van der Waals surface area contributed by atoms with Gasteiger partial charge in [0.05, 0.1) is 22.7 Å². The zero-order valence-corrected chi connectivity index (χ0v) is 14.8. The Bertz CT molecular complexity index is 864. The molecule has 0 saturated heterocycles. The number of thioether (sulfide) groups is 1. The number of carbonyl (C=O) groups is 1. The zero-order chi connectivity index (χ0) is 17.1. The van der Waals surface area contributed by atoms with E-state index in [1.54, 1.807) is 41.2 Å². The first-order chi connectivity index (χ1) is 11.5. The van der Waals surface area contributed by atoms with Gasteiger partial charge < -0.3 is 14.3 Å². The number of amides is 1. The highest BCUT2D eigenvalue weighted by Gasteiger charge is 2.15. The van der Waals surface area contributed by atoms with E-state index in [1.807, 2.05) is 7.05 Å². The summed E-state index contributed by atoms with van der Waals surface area (Å²) < 4.78 is 7.07. The molecule has 0 spiro atoms. The number of hydrogen-bond donors (Lipinski definition) is 1. The summed E-state index contributed by atoms with van der Waals surface area (Å²) >= 11 is 13.1. The Morgan fingerprint density at radius 2 is 2.17 bits per heavy atom. The maximum absolute atomic E-state index is 12.1. The number of anilines is 1. The van der Waals surface area contributed by atoms with Crippen molar-refractivity contribution in [2.24, 2.45) is 7.05 Å². The lowest BCUT2D eigenvalue weighted by Gasteiger charge is -2.07. The molecule has 6 nitrogen and oxygen atoms in total. The molecule has 3 rings (SSSR count). The van der Waals surface area contributed by atoms with Crippen LogP contribution in [0, 0.1) is 0 Å². The average molecular weight is 383 g/mol. The quantitative estimate of drug-likeness (QED) is 0.672. The van der Waals surface area contributed by atoms with Crippen molar-refractivity contribution in [2.75, 3.05) is 11.1 Å². The third-order valence-corrected chi connectivity index (χ3v) is 4.68. The Balaban J connectivity index is 1.62. The SMILES string of the molecule is Cn1c(SCC(=O)Nc2ccc(Cl)cc2Cl)nnc1-c1ccco1. The molecule has 0 bridgehead atoms. The third kappa shape index (κ3) is 3.75. The number of benzene rings is 1. The Morgan fingerprint density at radius 1 is 1.33 bits per heavy atom. The van der Waals surface area contributed by atoms with Gasteiger partial charge in [0.15, 0.2) is 16.7 Å². The minimum atomic E-state index is -0.202. The molecule has 2 aromatic heterocycles. The van der Waals surface area contributed by atoms with Gasteiger partial charge in [-0.25, -0.2) is 0 Å². The van der Waals surface area contributed by atoms with Gasteiger partial charge in [-0.1, -0.05) is 35.0 Å². The monoisotopic (exact) mass is 382 g/mol. The number of nitrogens with one attached hydrogen (secondary N) is 1. The molecule has 1 N–H and O–H groups in total. The lowest BCUT2D eigenvalue weighted by Crippen LogP contribution is -2.14. The minimum absolute atomic E-state index is 0.170. The molecule has 0 unspecified atom stereocenters. The van der Waals surface area contributed by atoms with Crippen LogP contribution >= 0.6 is 35.0 Å². The first kappa shape index (κ1) is 16.9. The Morgan fingerprint density at radius 3 is 2.88 bits per heavy atom. The smallest absolute Gasteiger partial charge is 0.234 e. The van der Waals surface area contributed by atoms with Crippen molar-refractivity contribution in [3.05, 3.63) is 46.6 Å². The van der Waals surface area contributed by atoms with Crippen molar-refractivity contribution in [3.8, 4) is 11.6 Å². The molecule has 0 aliphatic heterocycles. The van der Waals surface area contributed by atoms with Crippen LogP contribution < -0.4 is 5.32 Å². The highest BCUT2D eigenvalue weighted by atomic mass is 35.5. The summed E-state index contributed by atoms with van der Waals surface area (Å²) in [5.74, 6) is 1.19. The lowest BCUT2D eigenvalue weighted by atomic mass is 10.3. The fourth-order valence-corrected chi connectivity index (χ4v) is 3.13. The number of nitrogens with zero attached hydrogens (tertiary/aromatic N) is 3. The number of halogens is 2. The van der Waals surface area contributed by atoms with Crippen molar-refractivity contribution in [1.29, 1.82) is 0 Å². The molecule has 0 atom stereocenters. The van der Waals surface area contributed by atoms with Gasteiger partial charge in [-0.15, -0.1) is 10.2 Å². The van der Waals surface area contributed by atoms with Crippen LogP contribution in [0.25, 0.3) is 11.6 Å².